The van der Waals surface area contributed by atoms with Gasteiger partial charge in [-0.3, -0.25) is 0 Å². The van der Waals surface area contributed by atoms with Crippen LogP contribution in [0.1, 0.15) is 0 Å². The van der Waals surface area contributed by atoms with E-state index in [2.05, 4.69) is 211 Å². The van der Waals surface area contributed by atoms with E-state index in [9.17, 15) is 0 Å². The van der Waals surface area contributed by atoms with Gasteiger partial charge in [0.1, 0.15) is 0 Å². The van der Waals surface area contributed by atoms with Crippen molar-refractivity contribution in [3.05, 3.63) is 243 Å². The molecule has 4 nitrogen and oxygen atoms in total. The molecule has 0 bridgehead atoms. The van der Waals surface area contributed by atoms with Gasteiger partial charge in [0.05, 0.1) is 11.0 Å². The molecule has 0 radical (unpaired) electrons. The van der Waals surface area contributed by atoms with Crippen LogP contribution in [0.2, 0.25) is 0 Å². The number of benzene rings is 10. The summed E-state index contributed by atoms with van der Waals surface area (Å²) in [5.41, 5.74) is 15.3. The molecule has 0 fully saturated rings. The lowest BCUT2D eigenvalue weighted by Crippen LogP contribution is -2.01. The Hall–Kier alpha value is -8.77. The number of fused-ring (bicyclic) bond motifs is 6. The largest absolute Gasteiger partial charge is 0.309 e. The molecule has 0 aliphatic heterocycles. The van der Waals surface area contributed by atoms with E-state index in [1.807, 2.05) is 47.7 Å². The summed E-state index contributed by atoms with van der Waals surface area (Å²) < 4.78 is 4.89. The lowest BCUT2D eigenvalue weighted by molar-refractivity contribution is 1.07. The molecule has 318 valence electrons. The maximum Gasteiger partial charge on any atom is 0.164 e. The highest BCUT2D eigenvalue weighted by molar-refractivity contribution is 7.26. The summed E-state index contributed by atoms with van der Waals surface area (Å²) in [7, 11) is 0. The topological polar surface area (TPSA) is 43.6 Å². The molecule has 0 aliphatic rings. The van der Waals surface area contributed by atoms with E-state index in [4.69, 9.17) is 15.0 Å². The monoisotopic (exact) mass is 884 g/mol. The van der Waals surface area contributed by atoms with E-state index < -0.39 is 0 Å². The van der Waals surface area contributed by atoms with Gasteiger partial charge < -0.3 is 4.57 Å². The van der Waals surface area contributed by atoms with E-state index in [1.54, 1.807) is 0 Å². The van der Waals surface area contributed by atoms with Crippen molar-refractivity contribution in [3.63, 3.8) is 0 Å². The summed E-state index contributed by atoms with van der Waals surface area (Å²) in [5.74, 6) is 1.87. The Morgan fingerprint density at radius 2 is 0.765 bits per heavy atom. The van der Waals surface area contributed by atoms with E-state index in [0.717, 1.165) is 61.3 Å². The number of aromatic nitrogens is 4. The number of rotatable bonds is 8. The van der Waals surface area contributed by atoms with Gasteiger partial charge in [0, 0.05) is 53.3 Å². The van der Waals surface area contributed by atoms with Crippen LogP contribution in [-0.4, -0.2) is 19.5 Å². The van der Waals surface area contributed by atoms with Gasteiger partial charge in [0.25, 0.3) is 0 Å². The molecule has 0 saturated heterocycles. The standard InChI is InChI=1S/C63H40N4S/c1-6-18-41(19-7-1)45-30-33-49(42-20-8-2-9-21-42)53(36-45)46-31-34-50(56(37-46)63-65-61(43-22-10-3-11-23-43)64-62(66-63)44-24-12-4-13-25-44)47-32-35-52-55-39-58-54(40-60(55)68-59(52)38-47)51-28-16-17-29-57(51)67(58)48-26-14-5-15-27-48/h1-40H. The first-order valence-corrected chi connectivity index (χ1v) is 23.7. The van der Waals surface area contributed by atoms with Gasteiger partial charge in [-0.25, -0.2) is 15.0 Å². The Bertz CT molecular complexity index is 3940. The SMILES string of the molecule is c1ccc(-c2ccc(-c3ccccc3)c(-c3ccc(-c4ccc5c(c4)sc4cc6c7ccccc7n(-c7ccccc7)c6cc45)c(-c4nc(-c5ccccc5)nc(-c5ccccc5)n4)c3)c2)cc1. The van der Waals surface area contributed by atoms with Crippen LogP contribution in [0.25, 0.3) is 126 Å². The van der Waals surface area contributed by atoms with Crippen molar-refractivity contribution in [2.75, 3.05) is 0 Å². The molecular formula is C63H40N4S. The quantitative estimate of drug-likeness (QED) is 0.153. The molecule has 13 rings (SSSR count). The zero-order chi connectivity index (χ0) is 45.0. The summed E-state index contributed by atoms with van der Waals surface area (Å²) in [6.07, 6.45) is 0. The van der Waals surface area contributed by atoms with Crippen molar-refractivity contribution >= 4 is 53.3 Å². The first-order chi connectivity index (χ1) is 33.7. The third kappa shape index (κ3) is 6.96. The number of hydrogen-bond acceptors (Lipinski definition) is 4. The lowest BCUT2D eigenvalue weighted by atomic mass is 9.88. The van der Waals surface area contributed by atoms with Crippen LogP contribution in [0, 0.1) is 0 Å². The Balaban J connectivity index is 1.04. The van der Waals surface area contributed by atoms with Crippen molar-refractivity contribution in [3.8, 4) is 84.4 Å². The van der Waals surface area contributed by atoms with Crippen LogP contribution in [-0.2, 0) is 0 Å². The third-order valence-corrected chi connectivity index (χ3v) is 14.2. The summed E-state index contributed by atoms with van der Waals surface area (Å²) in [5, 5.41) is 5.00. The number of para-hydroxylation sites is 2. The zero-order valence-corrected chi connectivity index (χ0v) is 37.6. The van der Waals surface area contributed by atoms with Gasteiger partial charge >= 0.3 is 0 Å². The highest BCUT2D eigenvalue weighted by Gasteiger charge is 2.21. The predicted molar refractivity (Wildman–Crippen MR) is 285 cm³/mol. The van der Waals surface area contributed by atoms with E-state index in [-0.39, 0.29) is 0 Å². The normalized spacial score (nSPS) is 11.5. The van der Waals surface area contributed by atoms with E-state index in [0.29, 0.717) is 17.5 Å². The van der Waals surface area contributed by atoms with Gasteiger partial charge in [0.15, 0.2) is 17.5 Å². The first kappa shape index (κ1) is 39.6. The molecule has 0 saturated carbocycles. The Morgan fingerprint density at radius 3 is 1.44 bits per heavy atom. The lowest BCUT2D eigenvalue weighted by Gasteiger charge is -2.17. The molecule has 13 aromatic rings. The molecule has 3 aromatic heterocycles. The average molecular weight is 885 g/mol. The van der Waals surface area contributed by atoms with Crippen molar-refractivity contribution in [1.82, 2.24) is 19.5 Å². The molecule has 68 heavy (non-hydrogen) atoms. The molecule has 0 aliphatic carbocycles. The molecule has 0 atom stereocenters. The molecule has 0 unspecified atom stereocenters. The fourth-order valence-corrected chi connectivity index (χ4v) is 11.0. The van der Waals surface area contributed by atoms with Crippen LogP contribution >= 0.6 is 11.3 Å². The molecular weight excluding hydrogens is 845 g/mol. The summed E-state index contributed by atoms with van der Waals surface area (Å²) in [6.45, 7) is 0. The maximum absolute atomic E-state index is 5.32. The highest BCUT2D eigenvalue weighted by atomic mass is 32.1. The molecule has 0 amide bonds. The van der Waals surface area contributed by atoms with Gasteiger partial charge in [0.2, 0.25) is 0 Å². The third-order valence-electron chi connectivity index (χ3n) is 13.1. The fourth-order valence-electron chi connectivity index (χ4n) is 9.80. The van der Waals surface area contributed by atoms with Gasteiger partial charge in [-0.1, -0.05) is 194 Å². The Labute approximate surface area is 397 Å². The first-order valence-electron chi connectivity index (χ1n) is 22.9. The van der Waals surface area contributed by atoms with Gasteiger partial charge in [-0.05, 0) is 93.0 Å². The number of nitrogens with zero attached hydrogens (tertiary/aromatic N) is 4. The van der Waals surface area contributed by atoms with Crippen LogP contribution < -0.4 is 0 Å². The second-order valence-corrected chi connectivity index (χ2v) is 18.2. The smallest absolute Gasteiger partial charge is 0.164 e. The second kappa shape index (κ2) is 16.6. The summed E-state index contributed by atoms with van der Waals surface area (Å²) in [4.78, 5) is 15.7. The molecule has 0 spiro atoms. The minimum Gasteiger partial charge on any atom is -0.309 e. The molecule has 5 heteroatoms. The van der Waals surface area contributed by atoms with Crippen molar-refractivity contribution in [1.29, 1.82) is 0 Å². The van der Waals surface area contributed by atoms with Crippen LogP contribution in [0.15, 0.2) is 243 Å². The van der Waals surface area contributed by atoms with Gasteiger partial charge in [-0.15, -0.1) is 11.3 Å². The average Bonchev–Trinajstić information content (AvgIpc) is 3.95. The number of thiophene rings is 1. The highest BCUT2D eigenvalue weighted by Crippen LogP contribution is 2.45. The van der Waals surface area contributed by atoms with Crippen molar-refractivity contribution in [2.45, 2.75) is 0 Å². The predicted octanol–water partition coefficient (Wildman–Crippen LogP) is 17.0. The maximum atomic E-state index is 5.32. The van der Waals surface area contributed by atoms with Gasteiger partial charge in [-0.2, -0.15) is 0 Å². The van der Waals surface area contributed by atoms with Crippen LogP contribution in [0.5, 0.6) is 0 Å². The summed E-state index contributed by atoms with van der Waals surface area (Å²) in [6, 6.07) is 86.5. The Kier molecular flexibility index (Phi) is 9.66. The van der Waals surface area contributed by atoms with Crippen LogP contribution in [0.3, 0.4) is 0 Å². The molecule has 10 aromatic carbocycles. The number of hydrogen-bond donors (Lipinski definition) is 0. The van der Waals surface area contributed by atoms with Crippen molar-refractivity contribution in [2.24, 2.45) is 0 Å². The minimum absolute atomic E-state index is 0.613. The molecule has 3 heterocycles. The summed E-state index contributed by atoms with van der Waals surface area (Å²) >= 11 is 1.85. The Morgan fingerprint density at radius 1 is 0.265 bits per heavy atom. The van der Waals surface area contributed by atoms with Crippen LogP contribution in [0.4, 0.5) is 0 Å². The second-order valence-electron chi connectivity index (χ2n) is 17.2. The zero-order valence-electron chi connectivity index (χ0n) is 36.8. The van der Waals surface area contributed by atoms with Crippen molar-refractivity contribution < 1.29 is 0 Å². The van der Waals surface area contributed by atoms with E-state index >= 15 is 0 Å². The molecule has 0 N–H and O–H groups in total. The van der Waals surface area contributed by atoms with E-state index in [1.165, 1.54) is 47.5 Å². The fraction of sp³-hybridized carbons (Fsp3) is 0. The minimum atomic E-state index is 0.613.